The van der Waals surface area contributed by atoms with Gasteiger partial charge in [-0.15, -0.1) is 6.58 Å². The van der Waals surface area contributed by atoms with Gasteiger partial charge in [0.25, 0.3) is 0 Å². The Morgan fingerprint density at radius 1 is 1.59 bits per heavy atom. The fraction of sp³-hybridized carbons (Fsp3) is 0.500. The lowest BCUT2D eigenvalue weighted by Gasteiger charge is -2.27. The van der Waals surface area contributed by atoms with Crippen molar-refractivity contribution in [2.24, 2.45) is 4.99 Å². The van der Waals surface area contributed by atoms with Crippen molar-refractivity contribution in [1.82, 2.24) is 10.4 Å². The Bertz CT molecular complexity index is 397. The second-order valence-corrected chi connectivity index (χ2v) is 4.43. The zero-order valence-corrected chi connectivity index (χ0v) is 10.2. The van der Waals surface area contributed by atoms with E-state index in [0.29, 0.717) is 12.6 Å². The summed E-state index contributed by atoms with van der Waals surface area (Å²) in [5.41, 5.74) is 4.26. The van der Waals surface area contributed by atoms with E-state index in [4.69, 9.17) is 0 Å². The Balaban J connectivity index is 1.86. The topological polar surface area (TPSA) is 27.6 Å². The van der Waals surface area contributed by atoms with Crippen LogP contribution < -0.4 is 5.43 Å². The smallest absolute Gasteiger partial charge is 0.121 e. The van der Waals surface area contributed by atoms with Crippen molar-refractivity contribution in [2.75, 3.05) is 6.54 Å². The van der Waals surface area contributed by atoms with Gasteiger partial charge >= 0.3 is 0 Å². The average Bonchev–Trinajstić information content (AvgIpc) is 2.71. The van der Waals surface area contributed by atoms with Crippen LogP contribution in [0.5, 0.6) is 0 Å². The number of allylic oxidation sites excluding steroid dienone is 1. The molecule has 2 heterocycles. The minimum Gasteiger partial charge on any atom is -0.305 e. The molecule has 0 aromatic heterocycles. The standard InChI is InChI=1S/C14H19N3/c1-3-4-5-8-12(2)11-13-15-14-9-6-7-10-17(14)16-13/h3,14H,1-2,4,6-7,9-11H2,(H,15,16). The molecule has 1 fully saturated rings. The third-order valence-corrected chi connectivity index (χ3v) is 2.94. The van der Waals surface area contributed by atoms with Gasteiger partial charge < -0.3 is 5.43 Å². The molecule has 0 aromatic carbocycles. The predicted molar refractivity (Wildman–Crippen MR) is 71.3 cm³/mol. The second-order valence-electron chi connectivity index (χ2n) is 4.43. The van der Waals surface area contributed by atoms with E-state index in [1.54, 1.807) is 6.08 Å². The Labute approximate surface area is 103 Å². The van der Waals surface area contributed by atoms with E-state index < -0.39 is 0 Å². The van der Waals surface area contributed by atoms with Gasteiger partial charge in [0.2, 0.25) is 0 Å². The summed E-state index contributed by atoms with van der Waals surface area (Å²) in [7, 11) is 0. The molecule has 0 saturated carbocycles. The maximum atomic E-state index is 4.66. The van der Waals surface area contributed by atoms with Crippen molar-refractivity contribution in [3.8, 4) is 11.8 Å². The third kappa shape index (κ3) is 3.21. The van der Waals surface area contributed by atoms with Gasteiger partial charge in [-0.1, -0.05) is 24.5 Å². The van der Waals surface area contributed by atoms with Crippen LogP contribution in [0.3, 0.4) is 0 Å². The summed E-state index contributed by atoms with van der Waals surface area (Å²) < 4.78 is 0. The van der Waals surface area contributed by atoms with Gasteiger partial charge in [0.1, 0.15) is 12.0 Å². The lowest BCUT2D eigenvalue weighted by atomic mass is 10.1. The molecular formula is C14H19N3. The lowest BCUT2D eigenvalue weighted by Crippen LogP contribution is -2.43. The summed E-state index contributed by atoms with van der Waals surface area (Å²) in [6.07, 6.45) is 7.28. The molecule has 1 saturated heterocycles. The number of aliphatic imine (C=N–C) groups is 1. The van der Waals surface area contributed by atoms with Crippen LogP contribution in [0, 0.1) is 11.8 Å². The van der Waals surface area contributed by atoms with Crippen molar-refractivity contribution in [1.29, 1.82) is 0 Å². The van der Waals surface area contributed by atoms with Crippen molar-refractivity contribution in [3.63, 3.8) is 0 Å². The zero-order valence-electron chi connectivity index (χ0n) is 10.2. The monoisotopic (exact) mass is 229 g/mol. The molecule has 0 radical (unpaired) electrons. The summed E-state index contributed by atoms with van der Waals surface area (Å²) in [5.74, 6) is 7.05. The molecule has 0 spiro atoms. The van der Waals surface area contributed by atoms with Crippen LogP contribution in [0.4, 0.5) is 0 Å². The fourth-order valence-corrected chi connectivity index (χ4v) is 2.13. The highest BCUT2D eigenvalue weighted by molar-refractivity contribution is 5.86. The SMILES string of the molecule is C=CCC#CC(=C)CC1=NC2CCCCN2N1. The normalized spacial score (nSPS) is 22.8. The van der Waals surface area contributed by atoms with Crippen LogP contribution in [-0.2, 0) is 0 Å². The van der Waals surface area contributed by atoms with E-state index in [0.717, 1.165) is 30.8 Å². The second kappa shape index (κ2) is 5.70. The number of nitrogens with zero attached hydrogens (tertiary/aromatic N) is 2. The number of hydrogen-bond donors (Lipinski definition) is 1. The highest BCUT2D eigenvalue weighted by atomic mass is 15.6. The van der Waals surface area contributed by atoms with Crippen molar-refractivity contribution < 1.29 is 0 Å². The number of hydrazine groups is 1. The average molecular weight is 229 g/mol. The van der Waals surface area contributed by atoms with Crippen LogP contribution in [0.1, 0.15) is 32.1 Å². The summed E-state index contributed by atoms with van der Waals surface area (Å²) in [6, 6.07) is 0. The Kier molecular flexibility index (Phi) is 4.00. The van der Waals surface area contributed by atoms with E-state index in [2.05, 4.69) is 40.4 Å². The molecule has 2 aliphatic rings. The fourth-order valence-electron chi connectivity index (χ4n) is 2.13. The Morgan fingerprint density at radius 3 is 3.24 bits per heavy atom. The van der Waals surface area contributed by atoms with E-state index >= 15 is 0 Å². The molecule has 3 heteroatoms. The third-order valence-electron chi connectivity index (χ3n) is 2.94. The van der Waals surface area contributed by atoms with E-state index in [-0.39, 0.29) is 0 Å². The number of piperidine rings is 1. The van der Waals surface area contributed by atoms with Gasteiger partial charge in [-0.05, 0) is 19.3 Å². The van der Waals surface area contributed by atoms with E-state index in [1.165, 1.54) is 12.8 Å². The van der Waals surface area contributed by atoms with Crippen molar-refractivity contribution >= 4 is 5.84 Å². The molecule has 1 N–H and O–H groups in total. The largest absolute Gasteiger partial charge is 0.305 e. The first-order valence-electron chi connectivity index (χ1n) is 6.17. The summed E-state index contributed by atoms with van der Waals surface area (Å²) >= 11 is 0. The van der Waals surface area contributed by atoms with E-state index in [1.807, 2.05) is 0 Å². The van der Waals surface area contributed by atoms with Gasteiger partial charge in [0.05, 0.1) is 0 Å². The maximum Gasteiger partial charge on any atom is 0.121 e. The molecule has 1 atom stereocenters. The highest BCUT2D eigenvalue weighted by Crippen LogP contribution is 2.20. The molecule has 0 aliphatic carbocycles. The number of amidine groups is 1. The van der Waals surface area contributed by atoms with Gasteiger partial charge in [-0.3, -0.25) is 4.99 Å². The molecule has 2 aliphatic heterocycles. The molecule has 90 valence electrons. The molecular weight excluding hydrogens is 210 g/mol. The number of nitrogens with one attached hydrogen (secondary N) is 1. The quantitative estimate of drug-likeness (QED) is 0.593. The molecule has 0 amide bonds. The van der Waals surface area contributed by atoms with Gasteiger partial charge in [0, 0.05) is 25.0 Å². The van der Waals surface area contributed by atoms with Crippen LogP contribution in [0.2, 0.25) is 0 Å². The summed E-state index contributed by atoms with van der Waals surface area (Å²) in [6.45, 7) is 8.68. The first kappa shape index (κ1) is 11.9. The molecule has 3 nitrogen and oxygen atoms in total. The summed E-state index contributed by atoms with van der Waals surface area (Å²) in [4.78, 5) is 4.66. The molecule has 0 bridgehead atoms. The first-order chi connectivity index (χ1) is 8.29. The number of hydrogen-bond acceptors (Lipinski definition) is 3. The predicted octanol–water partition coefficient (Wildman–Crippen LogP) is 2.24. The van der Waals surface area contributed by atoms with Crippen molar-refractivity contribution in [2.45, 2.75) is 38.3 Å². The lowest BCUT2D eigenvalue weighted by molar-refractivity contribution is 0.143. The van der Waals surface area contributed by atoms with Crippen LogP contribution in [0.25, 0.3) is 0 Å². The van der Waals surface area contributed by atoms with Crippen LogP contribution in [-0.4, -0.2) is 23.6 Å². The van der Waals surface area contributed by atoms with Gasteiger partial charge in [-0.2, -0.15) is 5.01 Å². The minimum absolute atomic E-state index is 0.340. The Hall–Kier alpha value is -1.53. The maximum absolute atomic E-state index is 4.66. The van der Waals surface area contributed by atoms with E-state index in [9.17, 15) is 0 Å². The van der Waals surface area contributed by atoms with Gasteiger partial charge in [0.15, 0.2) is 0 Å². The number of rotatable bonds is 3. The van der Waals surface area contributed by atoms with Crippen molar-refractivity contribution in [3.05, 3.63) is 24.8 Å². The molecule has 2 rings (SSSR count). The zero-order chi connectivity index (χ0) is 12.1. The molecule has 1 unspecified atom stereocenters. The Morgan fingerprint density at radius 2 is 2.47 bits per heavy atom. The molecule has 17 heavy (non-hydrogen) atoms. The van der Waals surface area contributed by atoms with Gasteiger partial charge in [-0.25, -0.2) is 0 Å². The number of fused-ring (bicyclic) bond motifs is 1. The van der Waals surface area contributed by atoms with Crippen LogP contribution in [0.15, 0.2) is 29.8 Å². The highest BCUT2D eigenvalue weighted by Gasteiger charge is 2.27. The summed E-state index contributed by atoms with van der Waals surface area (Å²) in [5, 5.41) is 2.23. The van der Waals surface area contributed by atoms with Crippen LogP contribution >= 0.6 is 0 Å². The minimum atomic E-state index is 0.340. The first-order valence-corrected chi connectivity index (χ1v) is 6.17. The molecule has 0 aromatic rings.